The number of hydrogen-bond acceptors (Lipinski definition) is 2. The molecule has 110 valence electrons. The first-order valence-electron chi connectivity index (χ1n) is 6.09. The van der Waals surface area contributed by atoms with Crippen LogP contribution in [0.5, 0.6) is 5.75 Å². The average molecular weight is 294 g/mol. The van der Waals surface area contributed by atoms with Gasteiger partial charge in [0.15, 0.2) is 0 Å². The van der Waals surface area contributed by atoms with Gasteiger partial charge in [-0.05, 0) is 29.8 Å². The number of alkyl halides is 3. The summed E-state index contributed by atoms with van der Waals surface area (Å²) >= 11 is 0. The van der Waals surface area contributed by atoms with Crippen molar-refractivity contribution >= 4 is 5.84 Å². The predicted octanol–water partition coefficient (Wildman–Crippen LogP) is 3.57. The minimum absolute atomic E-state index is 0.0741. The van der Waals surface area contributed by atoms with Crippen molar-refractivity contribution in [1.82, 2.24) is 0 Å². The Morgan fingerprint density at radius 1 is 1.10 bits per heavy atom. The average Bonchev–Trinajstić information content (AvgIpc) is 2.45. The molecule has 2 aromatic rings. The lowest BCUT2D eigenvalue weighted by molar-refractivity contribution is -0.137. The molecule has 6 heteroatoms. The highest BCUT2D eigenvalue weighted by molar-refractivity contribution is 5.95. The number of halogens is 3. The van der Waals surface area contributed by atoms with Gasteiger partial charge in [0.1, 0.15) is 18.2 Å². The monoisotopic (exact) mass is 294 g/mol. The van der Waals surface area contributed by atoms with E-state index < -0.39 is 11.7 Å². The van der Waals surface area contributed by atoms with E-state index in [4.69, 9.17) is 15.9 Å². The summed E-state index contributed by atoms with van der Waals surface area (Å²) in [6, 6.07) is 11.4. The van der Waals surface area contributed by atoms with Gasteiger partial charge in [-0.1, -0.05) is 24.3 Å². The van der Waals surface area contributed by atoms with Crippen molar-refractivity contribution in [3.8, 4) is 5.75 Å². The number of nitrogens with one attached hydrogen (secondary N) is 1. The smallest absolute Gasteiger partial charge is 0.416 e. The molecule has 0 unspecified atom stereocenters. The molecular formula is C15H13F3N2O. The summed E-state index contributed by atoms with van der Waals surface area (Å²) in [5, 5.41) is 7.33. The van der Waals surface area contributed by atoms with E-state index in [1.807, 2.05) is 0 Å². The van der Waals surface area contributed by atoms with E-state index in [9.17, 15) is 13.2 Å². The van der Waals surface area contributed by atoms with Crippen LogP contribution in [0.1, 0.15) is 16.7 Å². The second-order valence-corrected chi connectivity index (χ2v) is 4.42. The van der Waals surface area contributed by atoms with Crippen LogP contribution in [0, 0.1) is 5.41 Å². The van der Waals surface area contributed by atoms with Crippen LogP contribution >= 0.6 is 0 Å². The summed E-state index contributed by atoms with van der Waals surface area (Å²) in [5.41, 5.74) is 5.83. The van der Waals surface area contributed by atoms with Crippen molar-refractivity contribution in [3.05, 3.63) is 65.2 Å². The first-order valence-corrected chi connectivity index (χ1v) is 6.09. The number of ether oxygens (including phenoxy) is 1. The fourth-order valence-corrected chi connectivity index (χ4v) is 1.71. The van der Waals surface area contributed by atoms with E-state index in [0.29, 0.717) is 16.9 Å². The summed E-state index contributed by atoms with van der Waals surface area (Å²) in [6.07, 6.45) is -4.34. The lowest BCUT2D eigenvalue weighted by atomic mass is 10.1. The van der Waals surface area contributed by atoms with Gasteiger partial charge in [0.2, 0.25) is 0 Å². The van der Waals surface area contributed by atoms with Gasteiger partial charge in [-0.15, -0.1) is 0 Å². The van der Waals surface area contributed by atoms with Crippen LogP contribution in [0.25, 0.3) is 0 Å². The molecule has 0 aliphatic heterocycles. The molecule has 0 heterocycles. The second-order valence-electron chi connectivity index (χ2n) is 4.42. The Balaban J connectivity index is 2.03. The zero-order valence-electron chi connectivity index (χ0n) is 10.9. The van der Waals surface area contributed by atoms with Gasteiger partial charge >= 0.3 is 6.18 Å². The van der Waals surface area contributed by atoms with Gasteiger partial charge in [-0.2, -0.15) is 13.2 Å². The summed E-state index contributed by atoms with van der Waals surface area (Å²) < 4.78 is 42.8. The second kappa shape index (κ2) is 5.87. The van der Waals surface area contributed by atoms with Gasteiger partial charge in [0, 0.05) is 5.56 Å². The third kappa shape index (κ3) is 3.98. The van der Waals surface area contributed by atoms with Crippen molar-refractivity contribution in [1.29, 1.82) is 5.41 Å². The summed E-state index contributed by atoms with van der Waals surface area (Å²) in [7, 11) is 0. The topological polar surface area (TPSA) is 59.1 Å². The largest absolute Gasteiger partial charge is 0.489 e. The molecule has 0 spiro atoms. The molecule has 0 amide bonds. The molecule has 0 bridgehead atoms. The van der Waals surface area contributed by atoms with Gasteiger partial charge in [-0.25, -0.2) is 0 Å². The van der Waals surface area contributed by atoms with Crippen LogP contribution in [0.2, 0.25) is 0 Å². The zero-order chi connectivity index (χ0) is 15.5. The maximum atomic E-state index is 12.4. The molecule has 0 atom stereocenters. The van der Waals surface area contributed by atoms with Gasteiger partial charge < -0.3 is 10.5 Å². The molecule has 0 radical (unpaired) electrons. The Bertz CT molecular complexity index is 636. The molecule has 0 aliphatic carbocycles. The molecule has 0 aromatic heterocycles. The molecule has 2 aromatic carbocycles. The Morgan fingerprint density at radius 3 is 2.33 bits per heavy atom. The van der Waals surface area contributed by atoms with Crippen LogP contribution in [0.15, 0.2) is 48.5 Å². The maximum absolute atomic E-state index is 12.4. The summed E-state index contributed by atoms with van der Waals surface area (Å²) in [6.45, 7) is 0.138. The van der Waals surface area contributed by atoms with Crippen molar-refractivity contribution in [3.63, 3.8) is 0 Å². The maximum Gasteiger partial charge on any atom is 0.416 e. The van der Waals surface area contributed by atoms with E-state index in [1.165, 1.54) is 12.1 Å². The van der Waals surface area contributed by atoms with Crippen molar-refractivity contribution in [2.24, 2.45) is 5.73 Å². The minimum atomic E-state index is -4.34. The first kappa shape index (κ1) is 14.9. The van der Waals surface area contributed by atoms with Crippen molar-refractivity contribution in [2.45, 2.75) is 12.8 Å². The van der Waals surface area contributed by atoms with Gasteiger partial charge in [0.25, 0.3) is 0 Å². The number of amidine groups is 1. The third-order valence-corrected chi connectivity index (χ3v) is 2.83. The molecule has 21 heavy (non-hydrogen) atoms. The van der Waals surface area contributed by atoms with Crippen molar-refractivity contribution < 1.29 is 17.9 Å². The number of benzene rings is 2. The third-order valence-electron chi connectivity index (χ3n) is 2.83. The molecule has 0 fully saturated rings. The standard InChI is InChI=1S/C15H13F3N2O/c16-15(17,18)12-6-4-10(5-7-12)9-21-13-3-1-2-11(8-13)14(19)20/h1-8H,9H2,(H3,19,20). The fraction of sp³-hybridized carbons (Fsp3) is 0.133. The van der Waals surface area contributed by atoms with E-state index in [1.54, 1.807) is 24.3 Å². The van der Waals surface area contributed by atoms with Crippen LogP contribution in [-0.2, 0) is 12.8 Å². The summed E-state index contributed by atoms with van der Waals surface area (Å²) in [5.74, 6) is 0.428. The Labute approximate surface area is 119 Å². The van der Waals surface area contributed by atoms with Gasteiger partial charge in [0.05, 0.1) is 5.56 Å². The number of nitrogen functional groups attached to an aromatic ring is 1. The lowest BCUT2D eigenvalue weighted by Gasteiger charge is -2.09. The SMILES string of the molecule is N=C(N)c1cccc(OCc2ccc(C(F)(F)F)cc2)c1. The fourth-order valence-electron chi connectivity index (χ4n) is 1.71. The first-order chi connectivity index (χ1) is 9.86. The van der Waals surface area contributed by atoms with E-state index in [-0.39, 0.29) is 12.4 Å². The normalized spacial score (nSPS) is 11.2. The Hall–Kier alpha value is -2.50. The van der Waals surface area contributed by atoms with E-state index in [0.717, 1.165) is 12.1 Å². The number of nitrogens with two attached hydrogens (primary N) is 1. The zero-order valence-corrected chi connectivity index (χ0v) is 10.9. The predicted molar refractivity (Wildman–Crippen MR) is 73.2 cm³/mol. The molecule has 0 saturated carbocycles. The minimum Gasteiger partial charge on any atom is -0.489 e. The van der Waals surface area contributed by atoms with E-state index >= 15 is 0 Å². The summed E-state index contributed by atoms with van der Waals surface area (Å²) in [4.78, 5) is 0. The highest BCUT2D eigenvalue weighted by Gasteiger charge is 2.29. The quantitative estimate of drug-likeness (QED) is 0.669. The van der Waals surface area contributed by atoms with Crippen LogP contribution in [0.4, 0.5) is 13.2 Å². The molecule has 2 rings (SSSR count). The lowest BCUT2D eigenvalue weighted by Crippen LogP contribution is -2.10. The Morgan fingerprint density at radius 2 is 1.76 bits per heavy atom. The van der Waals surface area contributed by atoms with Crippen LogP contribution in [-0.4, -0.2) is 5.84 Å². The van der Waals surface area contributed by atoms with Crippen LogP contribution in [0.3, 0.4) is 0 Å². The van der Waals surface area contributed by atoms with Crippen LogP contribution < -0.4 is 10.5 Å². The highest BCUT2D eigenvalue weighted by Crippen LogP contribution is 2.29. The van der Waals surface area contributed by atoms with Crippen molar-refractivity contribution in [2.75, 3.05) is 0 Å². The highest BCUT2D eigenvalue weighted by atomic mass is 19.4. The van der Waals surface area contributed by atoms with E-state index in [2.05, 4.69) is 0 Å². The Kier molecular flexibility index (Phi) is 4.16. The number of hydrogen-bond donors (Lipinski definition) is 2. The molecule has 3 nitrogen and oxygen atoms in total. The molecular weight excluding hydrogens is 281 g/mol. The number of rotatable bonds is 4. The molecule has 3 N–H and O–H groups in total. The molecule has 0 aliphatic rings. The molecule has 0 saturated heterocycles. The van der Waals surface area contributed by atoms with Gasteiger partial charge in [-0.3, -0.25) is 5.41 Å².